The van der Waals surface area contributed by atoms with E-state index < -0.39 is 0 Å². The highest BCUT2D eigenvalue weighted by atomic mass is 19.1. The molecule has 0 spiro atoms. The van der Waals surface area contributed by atoms with Crippen LogP contribution in [0.15, 0.2) is 23.2 Å². The van der Waals surface area contributed by atoms with Crippen LogP contribution in [0.1, 0.15) is 36.8 Å². The van der Waals surface area contributed by atoms with Crippen LogP contribution in [0.2, 0.25) is 0 Å². The summed E-state index contributed by atoms with van der Waals surface area (Å²) in [4.78, 5) is 23.6. The van der Waals surface area contributed by atoms with Gasteiger partial charge in [-0.3, -0.25) is 14.7 Å². The minimum Gasteiger partial charge on any atom is -0.380 e. The van der Waals surface area contributed by atoms with Crippen LogP contribution in [0.4, 0.5) is 4.39 Å². The van der Waals surface area contributed by atoms with Gasteiger partial charge in [-0.2, -0.15) is 0 Å². The number of methoxy groups -OCH3 is 1. The summed E-state index contributed by atoms with van der Waals surface area (Å²) >= 11 is 0. The fourth-order valence-corrected chi connectivity index (χ4v) is 4.25. The lowest BCUT2D eigenvalue weighted by Crippen LogP contribution is -2.54. The van der Waals surface area contributed by atoms with Crippen molar-refractivity contribution in [2.75, 3.05) is 60.0 Å². The van der Waals surface area contributed by atoms with Crippen molar-refractivity contribution < 1.29 is 13.9 Å². The number of piperazine rings is 1. The Kier molecular flexibility index (Phi) is 9.09. The van der Waals surface area contributed by atoms with Crippen LogP contribution >= 0.6 is 0 Å². The fraction of sp³-hybridized carbons (Fsp3) is 0.652. The van der Waals surface area contributed by atoms with Crippen LogP contribution in [0, 0.1) is 5.82 Å². The molecule has 3 rings (SSSR count). The number of nitrogens with one attached hydrogen (secondary N) is 1. The van der Waals surface area contributed by atoms with Gasteiger partial charge in [-0.05, 0) is 30.5 Å². The summed E-state index contributed by atoms with van der Waals surface area (Å²) in [5.74, 6) is 0.845. The van der Waals surface area contributed by atoms with E-state index in [-0.39, 0.29) is 18.3 Å². The Hall–Kier alpha value is -2.19. The van der Waals surface area contributed by atoms with E-state index in [0.717, 1.165) is 63.6 Å². The zero-order valence-electron chi connectivity index (χ0n) is 18.9. The largest absolute Gasteiger partial charge is 0.380 e. The number of amides is 1. The zero-order valence-corrected chi connectivity index (χ0v) is 18.9. The average molecular weight is 434 g/mol. The molecule has 1 aromatic carbocycles. The molecule has 2 aliphatic heterocycles. The van der Waals surface area contributed by atoms with Crippen molar-refractivity contribution >= 4 is 11.9 Å². The average Bonchev–Trinajstić information content (AvgIpc) is 3.07. The molecule has 0 bridgehead atoms. The van der Waals surface area contributed by atoms with Crippen molar-refractivity contribution in [2.24, 2.45) is 4.99 Å². The maximum absolute atomic E-state index is 13.8. The number of nitrogens with zero attached hydrogens (tertiary/aromatic N) is 4. The number of guanidine groups is 1. The van der Waals surface area contributed by atoms with Crippen LogP contribution < -0.4 is 5.32 Å². The summed E-state index contributed by atoms with van der Waals surface area (Å²) in [5, 5.41) is 3.38. The number of hydrogen-bond acceptors (Lipinski definition) is 4. The van der Waals surface area contributed by atoms with Gasteiger partial charge in [-0.1, -0.05) is 18.9 Å². The third-order valence-electron chi connectivity index (χ3n) is 6.06. The lowest BCUT2D eigenvalue weighted by molar-refractivity contribution is -0.132. The molecule has 2 heterocycles. The topological polar surface area (TPSA) is 60.4 Å². The minimum absolute atomic E-state index is 0.249. The van der Waals surface area contributed by atoms with Crippen molar-refractivity contribution in [3.8, 4) is 0 Å². The Morgan fingerprint density at radius 3 is 2.42 bits per heavy atom. The third kappa shape index (κ3) is 6.90. The summed E-state index contributed by atoms with van der Waals surface area (Å²) in [5.41, 5.74) is 1.54. The molecule has 2 aliphatic rings. The normalized spacial score (nSPS) is 18.7. The van der Waals surface area contributed by atoms with Crippen LogP contribution in [0.3, 0.4) is 0 Å². The summed E-state index contributed by atoms with van der Waals surface area (Å²) in [6.07, 6.45) is 4.73. The Morgan fingerprint density at radius 1 is 1.06 bits per heavy atom. The molecular weight excluding hydrogens is 397 g/mol. The minimum atomic E-state index is -0.249. The predicted octanol–water partition coefficient (Wildman–Crippen LogP) is 2.07. The standard InChI is InChI=1S/C23H36FN5O2/c1-25-23(26-16-19-7-8-21(24)20(15-19)18-31-2)29-13-11-27(12-14-29)17-22(30)28-9-5-3-4-6-10-28/h7-8,15H,3-6,9-14,16-18H2,1-2H3,(H,25,26). The molecule has 0 unspecified atom stereocenters. The van der Waals surface area contributed by atoms with E-state index in [9.17, 15) is 9.18 Å². The summed E-state index contributed by atoms with van der Waals surface area (Å²) in [6, 6.07) is 5.08. The highest BCUT2D eigenvalue weighted by molar-refractivity contribution is 5.80. The second kappa shape index (κ2) is 12.0. The number of benzene rings is 1. The van der Waals surface area contributed by atoms with Crippen molar-refractivity contribution in [2.45, 2.75) is 38.8 Å². The smallest absolute Gasteiger partial charge is 0.236 e. The Morgan fingerprint density at radius 2 is 1.77 bits per heavy atom. The van der Waals surface area contributed by atoms with Crippen LogP contribution in [-0.4, -0.2) is 86.5 Å². The van der Waals surface area contributed by atoms with Gasteiger partial charge in [0.2, 0.25) is 5.91 Å². The lowest BCUT2D eigenvalue weighted by atomic mass is 10.1. The second-order valence-electron chi connectivity index (χ2n) is 8.32. The molecule has 0 atom stereocenters. The number of carbonyl (C=O) groups excluding carboxylic acids is 1. The molecule has 172 valence electrons. The van der Waals surface area contributed by atoms with E-state index in [1.807, 2.05) is 11.0 Å². The molecule has 31 heavy (non-hydrogen) atoms. The van der Waals surface area contributed by atoms with E-state index in [1.54, 1.807) is 20.2 Å². The molecule has 0 saturated carbocycles. The number of likely N-dealkylation sites (tertiary alicyclic amines) is 1. The molecule has 0 aromatic heterocycles. The molecule has 8 heteroatoms. The molecule has 7 nitrogen and oxygen atoms in total. The summed E-state index contributed by atoms with van der Waals surface area (Å²) in [7, 11) is 3.34. The van der Waals surface area contributed by atoms with Gasteiger partial charge in [0.25, 0.3) is 0 Å². The van der Waals surface area contributed by atoms with Gasteiger partial charge in [-0.15, -0.1) is 0 Å². The fourth-order valence-electron chi connectivity index (χ4n) is 4.25. The molecule has 1 amide bonds. The van der Waals surface area contributed by atoms with Crippen molar-refractivity contribution in [3.05, 3.63) is 35.1 Å². The first-order valence-corrected chi connectivity index (χ1v) is 11.3. The van der Waals surface area contributed by atoms with Crippen LogP contribution in [0.25, 0.3) is 0 Å². The maximum Gasteiger partial charge on any atom is 0.236 e. The molecule has 1 aromatic rings. The van der Waals surface area contributed by atoms with Crippen molar-refractivity contribution in [3.63, 3.8) is 0 Å². The first-order chi connectivity index (χ1) is 15.1. The third-order valence-corrected chi connectivity index (χ3v) is 6.06. The van der Waals surface area contributed by atoms with Gasteiger partial charge in [0.15, 0.2) is 5.96 Å². The van der Waals surface area contributed by atoms with Gasteiger partial charge in [0.1, 0.15) is 5.82 Å². The first kappa shape index (κ1) is 23.5. The number of ether oxygens (including phenoxy) is 1. The molecule has 0 aliphatic carbocycles. The highest BCUT2D eigenvalue weighted by Crippen LogP contribution is 2.13. The molecule has 2 fully saturated rings. The number of aliphatic imine (C=N–C) groups is 1. The second-order valence-corrected chi connectivity index (χ2v) is 8.32. The predicted molar refractivity (Wildman–Crippen MR) is 120 cm³/mol. The molecule has 0 radical (unpaired) electrons. The van der Waals surface area contributed by atoms with Gasteiger partial charge in [0, 0.05) is 65.5 Å². The number of rotatable bonds is 6. The van der Waals surface area contributed by atoms with E-state index >= 15 is 0 Å². The highest BCUT2D eigenvalue weighted by Gasteiger charge is 2.23. The molecular formula is C23H36FN5O2. The quantitative estimate of drug-likeness (QED) is 0.550. The lowest BCUT2D eigenvalue weighted by Gasteiger charge is -2.37. The van der Waals surface area contributed by atoms with Gasteiger partial charge in [-0.25, -0.2) is 4.39 Å². The van der Waals surface area contributed by atoms with Crippen molar-refractivity contribution in [1.82, 2.24) is 20.0 Å². The molecule has 2 saturated heterocycles. The van der Waals surface area contributed by atoms with Gasteiger partial charge in [0.05, 0.1) is 13.2 Å². The summed E-state index contributed by atoms with van der Waals surface area (Å²) < 4.78 is 18.9. The van der Waals surface area contributed by atoms with Crippen LogP contribution in [-0.2, 0) is 22.7 Å². The van der Waals surface area contributed by atoms with E-state index in [1.165, 1.54) is 18.9 Å². The summed E-state index contributed by atoms with van der Waals surface area (Å²) in [6.45, 7) is 6.48. The van der Waals surface area contributed by atoms with E-state index in [4.69, 9.17) is 4.74 Å². The van der Waals surface area contributed by atoms with E-state index in [2.05, 4.69) is 20.1 Å². The van der Waals surface area contributed by atoms with Gasteiger partial charge >= 0.3 is 0 Å². The van der Waals surface area contributed by atoms with Crippen LogP contribution in [0.5, 0.6) is 0 Å². The Labute approximate surface area is 185 Å². The van der Waals surface area contributed by atoms with E-state index in [0.29, 0.717) is 18.7 Å². The Balaban J connectivity index is 1.45. The van der Waals surface area contributed by atoms with Crippen molar-refractivity contribution in [1.29, 1.82) is 0 Å². The zero-order chi connectivity index (χ0) is 22.1. The first-order valence-electron chi connectivity index (χ1n) is 11.3. The maximum atomic E-state index is 13.8. The monoisotopic (exact) mass is 433 g/mol. The van der Waals surface area contributed by atoms with Gasteiger partial charge < -0.3 is 19.9 Å². The number of hydrogen-bond donors (Lipinski definition) is 1. The Bertz CT molecular complexity index is 741. The number of halogens is 1. The molecule has 1 N–H and O–H groups in total. The number of carbonyl (C=O) groups is 1. The SMILES string of the molecule is CN=C(NCc1ccc(F)c(COC)c1)N1CCN(CC(=O)N2CCCCCC2)CC1.